The van der Waals surface area contributed by atoms with Gasteiger partial charge in [0.05, 0.1) is 6.10 Å². The SMILES string of the molecule is OC[C@H]1[C@@H]2C=C[C@H]3[C@@H](C=C[C@H]2O)[C@H]31. The van der Waals surface area contributed by atoms with Crippen LogP contribution in [0.5, 0.6) is 0 Å². The van der Waals surface area contributed by atoms with Crippen LogP contribution in [0.1, 0.15) is 0 Å². The van der Waals surface area contributed by atoms with Gasteiger partial charge in [-0.1, -0.05) is 24.3 Å². The Morgan fingerprint density at radius 3 is 2.23 bits per heavy atom. The van der Waals surface area contributed by atoms with Crippen LogP contribution in [0.3, 0.4) is 0 Å². The molecule has 0 spiro atoms. The maximum Gasteiger partial charge on any atom is 0.0787 e. The van der Waals surface area contributed by atoms with Gasteiger partial charge in [-0.25, -0.2) is 0 Å². The second kappa shape index (κ2) is 2.46. The number of aliphatic hydroxyl groups is 2. The van der Waals surface area contributed by atoms with E-state index < -0.39 is 0 Å². The Kier molecular flexibility index (Phi) is 1.47. The zero-order valence-electron chi connectivity index (χ0n) is 7.38. The lowest BCUT2D eigenvalue weighted by atomic mass is 9.81. The van der Waals surface area contributed by atoms with E-state index in [1.165, 1.54) is 0 Å². The minimum Gasteiger partial charge on any atom is -0.396 e. The fraction of sp³-hybridized carbons (Fsp3) is 0.636. The first-order valence-corrected chi connectivity index (χ1v) is 4.98. The average molecular weight is 178 g/mol. The Bertz CT molecular complexity index is 278. The predicted molar refractivity (Wildman–Crippen MR) is 48.8 cm³/mol. The highest BCUT2D eigenvalue weighted by atomic mass is 16.3. The van der Waals surface area contributed by atoms with Crippen LogP contribution in [0.15, 0.2) is 24.3 Å². The predicted octanol–water partition coefficient (Wildman–Crippen LogP) is 0.574. The molecule has 1 fully saturated rings. The van der Waals surface area contributed by atoms with Crippen molar-refractivity contribution < 1.29 is 10.2 Å². The first-order chi connectivity index (χ1) is 6.33. The topological polar surface area (TPSA) is 40.5 Å². The van der Waals surface area contributed by atoms with Crippen molar-refractivity contribution in [3.8, 4) is 0 Å². The number of fused-ring (bicyclic) bond motifs is 2. The first kappa shape index (κ1) is 7.77. The number of rotatable bonds is 1. The van der Waals surface area contributed by atoms with Crippen LogP contribution < -0.4 is 0 Å². The smallest absolute Gasteiger partial charge is 0.0787 e. The summed E-state index contributed by atoms with van der Waals surface area (Å²) in [5, 5.41) is 19.0. The van der Waals surface area contributed by atoms with Gasteiger partial charge in [0.25, 0.3) is 0 Å². The Labute approximate surface area is 77.6 Å². The Balaban J connectivity index is 2.00. The summed E-state index contributed by atoms with van der Waals surface area (Å²) >= 11 is 0. The second-order valence-corrected chi connectivity index (χ2v) is 4.42. The third-order valence-electron chi connectivity index (χ3n) is 3.87. The molecule has 0 heterocycles. The summed E-state index contributed by atoms with van der Waals surface area (Å²) in [5.74, 6) is 2.28. The van der Waals surface area contributed by atoms with Crippen LogP contribution in [0.2, 0.25) is 0 Å². The maximum atomic E-state index is 9.76. The molecule has 2 N–H and O–H groups in total. The van der Waals surface area contributed by atoms with Crippen LogP contribution >= 0.6 is 0 Å². The second-order valence-electron chi connectivity index (χ2n) is 4.42. The van der Waals surface area contributed by atoms with Gasteiger partial charge >= 0.3 is 0 Å². The van der Waals surface area contributed by atoms with E-state index in [4.69, 9.17) is 0 Å². The average Bonchev–Trinajstić information content (AvgIpc) is 2.84. The zero-order valence-corrected chi connectivity index (χ0v) is 7.38. The van der Waals surface area contributed by atoms with E-state index in [-0.39, 0.29) is 24.5 Å². The highest BCUT2D eigenvalue weighted by molar-refractivity contribution is 5.27. The molecule has 13 heavy (non-hydrogen) atoms. The molecule has 0 aromatic heterocycles. The molecule has 1 saturated carbocycles. The zero-order chi connectivity index (χ0) is 9.00. The van der Waals surface area contributed by atoms with E-state index in [0.717, 1.165) is 0 Å². The Morgan fingerprint density at radius 1 is 0.923 bits per heavy atom. The molecule has 3 aliphatic carbocycles. The summed E-state index contributed by atoms with van der Waals surface area (Å²) < 4.78 is 0. The molecule has 3 aliphatic rings. The van der Waals surface area contributed by atoms with Crippen molar-refractivity contribution in [1.29, 1.82) is 0 Å². The Hall–Kier alpha value is -0.600. The summed E-state index contributed by atoms with van der Waals surface area (Å²) in [7, 11) is 0. The van der Waals surface area contributed by atoms with Crippen molar-refractivity contribution in [3.63, 3.8) is 0 Å². The van der Waals surface area contributed by atoms with Crippen LogP contribution in [-0.2, 0) is 0 Å². The van der Waals surface area contributed by atoms with Crippen molar-refractivity contribution in [3.05, 3.63) is 24.3 Å². The van der Waals surface area contributed by atoms with E-state index >= 15 is 0 Å². The molecule has 0 aliphatic heterocycles. The molecule has 0 aromatic rings. The van der Waals surface area contributed by atoms with Crippen molar-refractivity contribution in [1.82, 2.24) is 0 Å². The standard InChI is InChI=1S/C11H14O2/c12-5-9-6-1-2-7-8(11(7)9)3-4-10(6)13/h1-4,6-13H,5H2/t6-,7-,8+,9-,10+,11-/m0/s1. The summed E-state index contributed by atoms with van der Waals surface area (Å²) in [6.07, 6.45) is 7.96. The van der Waals surface area contributed by atoms with E-state index in [1.54, 1.807) is 0 Å². The molecule has 6 atom stereocenters. The lowest BCUT2D eigenvalue weighted by Crippen LogP contribution is -2.30. The molecule has 2 nitrogen and oxygen atoms in total. The van der Waals surface area contributed by atoms with Crippen LogP contribution in [-0.4, -0.2) is 22.9 Å². The molecule has 3 rings (SSSR count). The molecule has 2 bridgehead atoms. The fourth-order valence-electron chi connectivity index (χ4n) is 3.11. The van der Waals surface area contributed by atoms with Gasteiger partial charge in [0.1, 0.15) is 0 Å². The minimum atomic E-state index is -0.387. The van der Waals surface area contributed by atoms with Crippen molar-refractivity contribution in [2.45, 2.75) is 6.10 Å². The van der Waals surface area contributed by atoms with Crippen molar-refractivity contribution >= 4 is 0 Å². The molecule has 2 heteroatoms. The number of hydrogen-bond acceptors (Lipinski definition) is 2. The van der Waals surface area contributed by atoms with Crippen molar-refractivity contribution in [2.75, 3.05) is 6.61 Å². The lowest BCUT2D eigenvalue weighted by molar-refractivity contribution is 0.0885. The van der Waals surface area contributed by atoms with Gasteiger partial charge in [-0.05, 0) is 23.7 Å². The van der Waals surface area contributed by atoms with E-state index in [1.807, 2.05) is 6.08 Å². The van der Waals surface area contributed by atoms with Gasteiger partial charge in [0.2, 0.25) is 0 Å². The molecule has 0 unspecified atom stereocenters. The van der Waals surface area contributed by atoms with Gasteiger partial charge in [0, 0.05) is 12.5 Å². The van der Waals surface area contributed by atoms with Crippen LogP contribution in [0.25, 0.3) is 0 Å². The highest BCUT2D eigenvalue weighted by Crippen LogP contribution is 2.59. The first-order valence-electron chi connectivity index (χ1n) is 4.98. The monoisotopic (exact) mass is 178 g/mol. The molecule has 70 valence electrons. The largest absolute Gasteiger partial charge is 0.396 e. The number of allylic oxidation sites excluding steroid dienone is 2. The van der Waals surface area contributed by atoms with Gasteiger partial charge in [-0.15, -0.1) is 0 Å². The number of aliphatic hydroxyl groups excluding tert-OH is 2. The summed E-state index contributed by atoms with van der Waals surface area (Å²) in [5.41, 5.74) is 0. The number of hydrogen-bond donors (Lipinski definition) is 2. The third kappa shape index (κ3) is 0.903. The summed E-state index contributed by atoms with van der Waals surface area (Å²) in [6, 6.07) is 0. The molecular formula is C11H14O2. The summed E-state index contributed by atoms with van der Waals surface area (Å²) in [6.45, 7) is 0.214. The quantitative estimate of drug-likeness (QED) is 0.576. The fourth-order valence-corrected chi connectivity index (χ4v) is 3.11. The lowest BCUT2D eigenvalue weighted by Gasteiger charge is -2.27. The summed E-state index contributed by atoms with van der Waals surface area (Å²) in [4.78, 5) is 0. The molecule has 0 radical (unpaired) electrons. The van der Waals surface area contributed by atoms with E-state index in [9.17, 15) is 10.2 Å². The van der Waals surface area contributed by atoms with E-state index in [0.29, 0.717) is 17.8 Å². The van der Waals surface area contributed by atoms with Gasteiger partial charge < -0.3 is 10.2 Å². The molecular weight excluding hydrogens is 164 g/mol. The van der Waals surface area contributed by atoms with Crippen LogP contribution in [0.4, 0.5) is 0 Å². The highest BCUT2D eigenvalue weighted by Gasteiger charge is 2.56. The molecule has 0 aromatic carbocycles. The van der Waals surface area contributed by atoms with E-state index in [2.05, 4.69) is 18.2 Å². The van der Waals surface area contributed by atoms with Crippen molar-refractivity contribution in [2.24, 2.45) is 29.6 Å². The van der Waals surface area contributed by atoms with Gasteiger partial charge in [0.15, 0.2) is 0 Å². The van der Waals surface area contributed by atoms with Crippen LogP contribution in [0, 0.1) is 29.6 Å². The molecule has 0 saturated heterocycles. The normalized spacial score (nSPS) is 56.2. The Morgan fingerprint density at radius 2 is 1.54 bits per heavy atom. The van der Waals surface area contributed by atoms with Gasteiger partial charge in [-0.2, -0.15) is 0 Å². The van der Waals surface area contributed by atoms with Gasteiger partial charge in [-0.3, -0.25) is 0 Å². The minimum absolute atomic E-state index is 0.148. The maximum absolute atomic E-state index is 9.76. The molecule has 0 amide bonds. The third-order valence-corrected chi connectivity index (χ3v) is 3.87.